The summed E-state index contributed by atoms with van der Waals surface area (Å²) in [5, 5.41) is 10.9. The zero-order valence-corrected chi connectivity index (χ0v) is 20.3. The molecule has 0 amide bonds. The molecule has 0 aliphatic carbocycles. The first-order valence-electron chi connectivity index (χ1n) is 12.1. The molecule has 3 aromatic rings. The van der Waals surface area contributed by atoms with Crippen molar-refractivity contribution in [2.75, 3.05) is 37.7 Å². The van der Waals surface area contributed by atoms with E-state index >= 15 is 0 Å². The molecule has 0 bridgehead atoms. The second-order valence-corrected chi connectivity index (χ2v) is 9.16. The van der Waals surface area contributed by atoms with Crippen LogP contribution in [0.1, 0.15) is 11.1 Å². The van der Waals surface area contributed by atoms with E-state index in [0.29, 0.717) is 19.7 Å². The molecule has 0 radical (unpaired) electrons. The van der Waals surface area contributed by atoms with Gasteiger partial charge in [-0.1, -0.05) is 24.3 Å². The average molecular weight is 534 g/mol. The first kappa shape index (κ1) is 25.8. The number of nitro groups is 1. The van der Waals surface area contributed by atoms with Gasteiger partial charge in [-0.25, -0.2) is 0 Å². The summed E-state index contributed by atoms with van der Waals surface area (Å²) in [5.41, 5.74) is 3.05. The summed E-state index contributed by atoms with van der Waals surface area (Å²) in [6.45, 7) is 5.11. The SMILES string of the molecule is O=[N+]([O-])c1cn2c(n1)OC[C@@H](OCc1ccc(N3CCN(Cc4ccc(OC(F)(F)F)cc4)CC3)cc1)C2. The summed E-state index contributed by atoms with van der Waals surface area (Å²) < 4.78 is 53.9. The molecule has 1 atom stereocenters. The second-order valence-electron chi connectivity index (χ2n) is 9.16. The van der Waals surface area contributed by atoms with Gasteiger partial charge >= 0.3 is 18.2 Å². The van der Waals surface area contributed by atoms with Gasteiger partial charge in [0.05, 0.1) is 13.2 Å². The Bertz CT molecular complexity index is 1240. The smallest absolute Gasteiger partial charge is 0.443 e. The number of alkyl halides is 3. The van der Waals surface area contributed by atoms with Crippen molar-refractivity contribution in [3.63, 3.8) is 0 Å². The largest absolute Gasteiger partial charge is 0.573 e. The molecule has 1 aromatic heterocycles. The molecule has 1 saturated heterocycles. The first-order chi connectivity index (χ1) is 18.2. The molecule has 0 spiro atoms. The molecule has 0 N–H and O–H groups in total. The molecular formula is C25H26F3N5O5. The number of ether oxygens (including phenoxy) is 3. The third kappa shape index (κ3) is 6.53. The number of aromatic nitrogens is 2. The molecule has 2 aliphatic rings. The lowest BCUT2D eigenvalue weighted by Crippen LogP contribution is -2.45. The number of halogens is 3. The Balaban J connectivity index is 1.06. The predicted octanol–water partition coefficient (Wildman–Crippen LogP) is 3.99. The van der Waals surface area contributed by atoms with Crippen molar-refractivity contribution in [1.82, 2.24) is 14.5 Å². The summed E-state index contributed by atoms with van der Waals surface area (Å²) in [4.78, 5) is 18.7. The topological polar surface area (TPSA) is 95.1 Å². The van der Waals surface area contributed by atoms with E-state index in [-0.39, 0.29) is 30.3 Å². The van der Waals surface area contributed by atoms with Crippen LogP contribution in [0, 0.1) is 10.1 Å². The lowest BCUT2D eigenvalue weighted by molar-refractivity contribution is -0.389. The molecule has 13 heteroatoms. The number of imidazole rings is 1. The van der Waals surface area contributed by atoms with Crippen LogP contribution in [-0.4, -0.2) is 64.6 Å². The van der Waals surface area contributed by atoms with E-state index in [4.69, 9.17) is 9.47 Å². The number of fused-ring (bicyclic) bond motifs is 1. The van der Waals surface area contributed by atoms with E-state index in [1.54, 1.807) is 16.7 Å². The van der Waals surface area contributed by atoms with Gasteiger partial charge < -0.3 is 29.2 Å². The van der Waals surface area contributed by atoms with Gasteiger partial charge in [0.2, 0.25) is 0 Å². The molecule has 10 nitrogen and oxygen atoms in total. The van der Waals surface area contributed by atoms with Crippen molar-refractivity contribution in [2.45, 2.75) is 32.2 Å². The first-order valence-corrected chi connectivity index (χ1v) is 12.1. The van der Waals surface area contributed by atoms with Gasteiger partial charge in [-0.05, 0) is 40.3 Å². The fraction of sp³-hybridized carbons (Fsp3) is 0.400. The van der Waals surface area contributed by atoms with Crippen LogP contribution < -0.4 is 14.4 Å². The van der Waals surface area contributed by atoms with E-state index in [9.17, 15) is 23.3 Å². The highest BCUT2D eigenvalue weighted by Gasteiger charge is 2.31. The summed E-state index contributed by atoms with van der Waals surface area (Å²) >= 11 is 0. The lowest BCUT2D eigenvalue weighted by Gasteiger charge is -2.36. The van der Waals surface area contributed by atoms with E-state index in [0.717, 1.165) is 43.0 Å². The highest BCUT2D eigenvalue weighted by Crippen LogP contribution is 2.25. The van der Waals surface area contributed by atoms with Crippen LogP contribution in [0.4, 0.5) is 24.7 Å². The van der Waals surface area contributed by atoms with Crippen LogP contribution in [0.5, 0.6) is 11.8 Å². The Kier molecular flexibility index (Phi) is 7.38. The van der Waals surface area contributed by atoms with Gasteiger partial charge in [0.1, 0.15) is 24.7 Å². The number of hydrogen-bond acceptors (Lipinski definition) is 8. The molecule has 202 valence electrons. The Morgan fingerprint density at radius 1 is 1.03 bits per heavy atom. The maximum atomic E-state index is 12.3. The number of hydrogen-bond donors (Lipinski definition) is 0. The summed E-state index contributed by atoms with van der Waals surface area (Å²) in [6, 6.07) is 14.4. The molecule has 2 aromatic carbocycles. The Labute approximate surface area is 216 Å². The van der Waals surface area contributed by atoms with E-state index < -0.39 is 11.3 Å². The summed E-state index contributed by atoms with van der Waals surface area (Å²) in [5.74, 6) is -0.462. The van der Waals surface area contributed by atoms with Crippen molar-refractivity contribution >= 4 is 11.5 Å². The van der Waals surface area contributed by atoms with Gasteiger partial charge in [-0.3, -0.25) is 9.47 Å². The van der Waals surface area contributed by atoms with E-state index in [1.807, 2.05) is 12.1 Å². The number of piperazine rings is 1. The molecular weight excluding hydrogens is 507 g/mol. The van der Waals surface area contributed by atoms with Gasteiger partial charge in [0.15, 0.2) is 0 Å². The van der Waals surface area contributed by atoms with Crippen molar-refractivity contribution in [1.29, 1.82) is 0 Å². The third-order valence-corrected chi connectivity index (χ3v) is 6.44. The van der Waals surface area contributed by atoms with Gasteiger partial charge in [-0.15, -0.1) is 13.2 Å². The molecule has 0 saturated carbocycles. The van der Waals surface area contributed by atoms with Crippen LogP contribution in [0.25, 0.3) is 0 Å². The molecule has 38 heavy (non-hydrogen) atoms. The maximum absolute atomic E-state index is 12.3. The number of rotatable bonds is 8. The van der Waals surface area contributed by atoms with Crippen molar-refractivity contribution in [2.24, 2.45) is 0 Å². The predicted molar refractivity (Wildman–Crippen MR) is 130 cm³/mol. The van der Waals surface area contributed by atoms with Crippen LogP contribution in [0.2, 0.25) is 0 Å². The zero-order chi connectivity index (χ0) is 26.7. The van der Waals surface area contributed by atoms with E-state index in [2.05, 4.69) is 31.7 Å². The third-order valence-electron chi connectivity index (χ3n) is 6.44. The fourth-order valence-electron chi connectivity index (χ4n) is 4.50. The highest BCUT2D eigenvalue weighted by atomic mass is 19.4. The van der Waals surface area contributed by atoms with Crippen LogP contribution >= 0.6 is 0 Å². The Morgan fingerprint density at radius 2 is 1.71 bits per heavy atom. The summed E-state index contributed by atoms with van der Waals surface area (Å²) in [6.07, 6.45) is -3.58. The van der Waals surface area contributed by atoms with E-state index in [1.165, 1.54) is 18.3 Å². The minimum atomic E-state index is -4.69. The standard InChI is InChI=1S/C25H26F3N5O5/c26-25(27,28)38-21-7-3-18(4-8-21)13-30-9-11-31(12-10-30)20-5-1-19(2-6-20)16-36-22-14-32-15-23(33(34)35)29-24(32)37-17-22/h1-8,15,22H,9-14,16-17H2/t22-/m0/s1. The number of benzene rings is 2. The maximum Gasteiger partial charge on any atom is 0.573 e. The Hall–Kier alpha value is -3.84. The fourth-order valence-corrected chi connectivity index (χ4v) is 4.50. The molecule has 0 unspecified atom stereocenters. The van der Waals surface area contributed by atoms with Crippen molar-refractivity contribution < 1.29 is 32.3 Å². The average Bonchev–Trinajstić information content (AvgIpc) is 3.33. The normalized spacial score (nSPS) is 18.1. The van der Waals surface area contributed by atoms with Crippen LogP contribution in [-0.2, 0) is 24.4 Å². The van der Waals surface area contributed by atoms with Crippen LogP contribution in [0.3, 0.4) is 0 Å². The molecule has 3 heterocycles. The zero-order valence-electron chi connectivity index (χ0n) is 20.3. The van der Waals surface area contributed by atoms with Gasteiger partial charge in [0.25, 0.3) is 0 Å². The van der Waals surface area contributed by atoms with Crippen LogP contribution in [0.15, 0.2) is 54.7 Å². The quantitative estimate of drug-likeness (QED) is 0.317. The molecule has 1 fully saturated rings. The summed E-state index contributed by atoms with van der Waals surface area (Å²) in [7, 11) is 0. The van der Waals surface area contributed by atoms with Crippen molar-refractivity contribution in [3.05, 3.63) is 76.0 Å². The lowest BCUT2D eigenvalue weighted by atomic mass is 10.1. The van der Waals surface area contributed by atoms with Gasteiger partial charge in [-0.2, -0.15) is 0 Å². The second kappa shape index (κ2) is 10.9. The Morgan fingerprint density at radius 3 is 2.37 bits per heavy atom. The minimum absolute atomic E-state index is 0.217. The van der Waals surface area contributed by atoms with Crippen molar-refractivity contribution in [3.8, 4) is 11.8 Å². The molecule has 2 aliphatic heterocycles. The molecule has 5 rings (SSSR count). The number of anilines is 1. The number of nitrogens with zero attached hydrogens (tertiary/aromatic N) is 5. The van der Waals surface area contributed by atoms with Gasteiger partial charge in [0, 0.05) is 43.4 Å². The minimum Gasteiger partial charge on any atom is -0.443 e. The monoisotopic (exact) mass is 533 g/mol. The highest BCUT2D eigenvalue weighted by molar-refractivity contribution is 5.48.